The molecule has 1 aromatic heterocycles. The highest BCUT2D eigenvalue weighted by Gasteiger charge is 2.09. The average molecular weight is 200 g/mol. The number of aryl methyl sites for hydroxylation is 2. The fraction of sp³-hybridized carbons (Fsp3) is 0.308. The fourth-order valence-corrected chi connectivity index (χ4v) is 1.66. The van der Waals surface area contributed by atoms with Crippen LogP contribution < -0.4 is 0 Å². The lowest BCUT2D eigenvalue weighted by atomic mass is 10.1. The van der Waals surface area contributed by atoms with Crippen LogP contribution in [0.2, 0.25) is 0 Å². The average Bonchev–Trinajstić information content (AvgIpc) is 2.59. The minimum absolute atomic E-state index is 0.304. The van der Waals surface area contributed by atoms with Crippen LogP contribution in [-0.4, -0.2) is 9.78 Å². The van der Waals surface area contributed by atoms with Crippen molar-refractivity contribution in [2.75, 3.05) is 0 Å². The van der Waals surface area contributed by atoms with Crippen LogP contribution in [0.5, 0.6) is 0 Å². The number of rotatable bonds is 2. The van der Waals surface area contributed by atoms with E-state index in [2.05, 4.69) is 49.4 Å². The first-order valence-corrected chi connectivity index (χ1v) is 5.26. The lowest BCUT2D eigenvalue weighted by Gasteiger charge is -2.12. The molecule has 0 radical (unpaired) electrons. The largest absolute Gasteiger partial charge is 0.265 e. The molecule has 1 aromatic carbocycles. The fourth-order valence-electron chi connectivity index (χ4n) is 1.66. The number of nitrogens with zero attached hydrogens (tertiary/aromatic N) is 2. The quantitative estimate of drug-likeness (QED) is 0.728. The van der Waals surface area contributed by atoms with Crippen molar-refractivity contribution >= 4 is 0 Å². The Balaban J connectivity index is 2.32. The van der Waals surface area contributed by atoms with Gasteiger partial charge in [-0.25, -0.2) is 0 Å². The summed E-state index contributed by atoms with van der Waals surface area (Å²) in [6.07, 6.45) is 2.10. The number of hydrogen-bond donors (Lipinski definition) is 0. The van der Waals surface area contributed by atoms with Gasteiger partial charge in [-0.05, 0) is 31.9 Å². The first-order chi connectivity index (χ1) is 7.18. The van der Waals surface area contributed by atoms with Crippen LogP contribution in [0.1, 0.15) is 29.8 Å². The first-order valence-electron chi connectivity index (χ1n) is 5.26. The van der Waals surface area contributed by atoms with Crippen LogP contribution in [-0.2, 0) is 0 Å². The van der Waals surface area contributed by atoms with Crippen LogP contribution in [0.25, 0.3) is 0 Å². The van der Waals surface area contributed by atoms with Gasteiger partial charge in [0.25, 0.3) is 0 Å². The molecule has 1 atom stereocenters. The van der Waals surface area contributed by atoms with Gasteiger partial charge in [0.15, 0.2) is 0 Å². The Kier molecular flexibility index (Phi) is 2.58. The van der Waals surface area contributed by atoms with Crippen molar-refractivity contribution in [1.82, 2.24) is 9.78 Å². The summed E-state index contributed by atoms with van der Waals surface area (Å²) in [6, 6.07) is 10.7. The molecule has 0 aliphatic rings. The maximum absolute atomic E-state index is 4.50. The summed E-state index contributed by atoms with van der Waals surface area (Å²) in [7, 11) is 0. The summed E-state index contributed by atoms with van der Waals surface area (Å²) >= 11 is 0. The molecule has 0 aliphatic heterocycles. The maximum atomic E-state index is 4.50. The molecular weight excluding hydrogens is 184 g/mol. The zero-order valence-corrected chi connectivity index (χ0v) is 9.44. The summed E-state index contributed by atoms with van der Waals surface area (Å²) in [4.78, 5) is 0. The van der Waals surface area contributed by atoms with Gasteiger partial charge in [0.1, 0.15) is 0 Å². The number of benzene rings is 1. The van der Waals surface area contributed by atoms with Gasteiger partial charge >= 0.3 is 0 Å². The van der Waals surface area contributed by atoms with E-state index < -0.39 is 0 Å². The molecule has 0 fully saturated rings. The van der Waals surface area contributed by atoms with E-state index >= 15 is 0 Å². The summed E-state index contributed by atoms with van der Waals surface area (Å²) in [6.45, 7) is 6.31. The summed E-state index contributed by atoms with van der Waals surface area (Å²) in [5.74, 6) is 0. The normalized spacial score (nSPS) is 12.7. The lowest BCUT2D eigenvalue weighted by molar-refractivity contribution is 0.560. The first kappa shape index (κ1) is 9.97. The Labute approximate surface area is 90.6 Å². The summed E-state index contributed by atoms with van der Waals surface area (Å²) < 4.78 is 2.03. The molecule has 2 nitrogen and oxygen atoms in total. The van der Waals surface area contributed by atoms with Gasteiger partial charge in [-0.2, -0.15) is 5.10 Å². The highest BCUT2D eigenvalue weighted by atomic mass is 15.3. The third-order valence-corrected chi connectivity index (χ3v) is 2.84. The van der Waals surface area contributed by atoms with E-state index in [1.54, 1.807) is 0 Å². The minimum atomic E-state index is 0.304. The van der Waals surface area contributed by atoms with Gasteiger partial charge in [0.05, 0.1) is 11.7 Å². The molecule has 2 aromatic rings. The van der Waals surface area contributed by atoms with Crippen molar-refractivity contribution < 1.29 is 0 Å². The molecule has 1 unspecified atom stereocenters. The molecule has 15 heavy (non-hydrogen) atoms. The molecular formula is C13H16N2. The summed E-state index contributed by atoms with van der Waals surface area (Å²) in [5.41, 5.74) is 3.65. The van der Waals surface area contributed by atoms with Crippen LogP contribution >= 0.6 is 0 Å². The van der Waals surface area contributed by atoms with Crippen LogP contribution in [0.3, 0.4) is 0 Å². The van der Waals surface area contributed by atoms with Gasteiger partial charge in [0, 0.05) is 6.20 Å². The molecule has 2 rings (SSSR count). The van der Waals surface area contributed by atoms with Crippen molar-refractivity contribution in [3.63, 3.8) is 0 Å². The minimum Gasteiger partial charge on any atom is -0.265 e. The third-order valence-electron chi connectivity index (χ3n) is 2.84. The molecule has 78 valence electrons. The molecule has 0 N–H and O–H groups in total. The third kappa shape index (κ3) is 1.94. The highest BCUT2D eigenvalue weighted by molar-refractivity contribution is 5.21. The predicted octanol–water partition coefficient (Wildman–Crippen LogP) is 3.11. The highest BCUT2D eigenvalue weighted by Crippen LogP contribution is 2.17. The zero-order valence-electron chi connectivity index (χ0n) is 9.44. The number of hydrogen-bond acceptors (Lipinski definition) is 1. The van der Waals surface area contributed by atoms with Crippen molar-refractivity contribution in [3.05, 3.63) is 53.3 Å². The molecule has 0 saturated heterocycles. The second kappa shape index (κ2) is 3.89. The van der Waals surface area contributed by atoms with Crippen molar-refractivity contribution in [3.8, 4) is 0 Å². The monoisotopic (exact) mass is 200 g/mol. The standard InChI is InChI=1S/C13H16N2/c1-10-9-15(14-11(10)2)12(3)13-7-5-4-6-8-13/h4-9,12H,1-3H3. The Hall–Kier alpha value is -1.57. The van der Waals surface area contributed by atoms with Gasteiger partial charge in [-0.1, -0.05) is 30.3 Å². The summed E-state index contributed by atoms with van der Waals surface area (Å²) in [5, 5.41) is 4.50. The zero-order chi connectivity index (χ0) is 10.8. The van der Waals surface area contributed by atoms with Gasteiger partial charge in [-0.3, -0.25) is 4.68 Å². The Bertz CT molecular complexity index is 423. The molecule has 0 amide bonds. The SMILES string of the molecule is Cc1cn(C(C)c2ccccc2)nc1C. The van der Waals surface area contributed by atoms with Gasteiger partial charge in [0.2, 0.25) is 0 Å². The predicted molar refractivity (Wildman–Crippen MR) is 62.0 cm³/mol. The van der Waals surface area contributed by atoms with E-state index in [0.717, 1.165) is 5.69 Å². The van der Waals surface area contributed by atoms with Gasteiger partial charge in [-0.15, -0.1) is 0 Å². The van der Waals surface area contributed by atoms with Crippen LogP contribution in [0.4, 0.5) is 0 Å². The molecule has 0 saturated carbocycles. The van der Waals surface area contributed by atoms with Gasteiger partial charge < -0.3 is 0 Å². The van der Waals surface area contributed by atoms with Crippen molar-refractivity contribution in [2.45, 2.75) is 26.8 Å². The Morgan fingerprint density at radius 2 is 1.80 bits per heavy atom. The van der Waals surface area contributed by atoms with E-state index in [1.807, 2.05) is 17.7 Å². The van der Waals surface area contributed by atoms with Crippen LogP contribution in [0.15, 0.2) is 36.5 Å². The Morgan fingerprint density at radius 3 is 2.33 bits per heavy atom. The smallest absolute Gasteiger partial charge is 0.0740 e. The maximum Gasteiger partial charge on any atom is 0.0740 e. The lowest BCUT2D eigenvalue weighted by Crippen LogP contribution is -2.07. The van der Waals surface area contributed by atoms with E-state index in [0.29, 0.717) is 6.04 Å². The molecule has 0 aliphatic carbocycles. The Morgan fingerprint density at radius 1 is 1.13 bits per heavy atom. The molecule has 0 spiro atoms. The van der Waals surface area contributed by atoms with E-state index in [4.69, 9.17) is 0 Å². The molecule has 0 bridgehead atoms. The molecule has 1 heterocycles. The topological polar surface area (TPSA) is 17.8 Å². The second-order valence-corrected chi connectivity index (χ2v) is 3.96. The van der Waals surface area contributed by atoms with E-state index in [-0.39, 0.29) is 0 Å². The van der Waals surface area contributed by atoms with E-state index in [9.17, 15) is 0 Å². The number of aromatic nitrogens is 2. The second-order valence-electron chi connectivity index (χ2n) is 3.96. The van der Waals surface area contributed by atoms with Crippen molar-refractivity contribution in [1.29, 1.82) is 0 Å². The van der Waals surface area contributed by atoms with Crippen molar-refractivity contribution in [2.24, 2.45) is 0 Å². The van der Waals surface area contributed by atoms with E-state index in [1.165, 1.54) is 11.1 Å². The van der Waals surface area contributed by atoms with Crippen LogP contribution in [0, 0.1) is 13.8 Å². The molecule has 2 heteroatoms.